The van der Waals surface area contributed by atoms with Crippen molar-refractivity contribution in [3.63, 3.8) is 0 Å². The largest absolute Gasteiger partial charge is 0.278 e. The maximum Gasteiger partial charge on any atom is 0.238 e. The van der Waals surface area contributed by atoms with E-state index in [0.29, 0.717) is 17.6 Å². The second kappa shape index (κ2) is 8.29. The first-order valence-corrected chi connectivity index (χ1v) is 10.1. The highest BCUT2D eigenvalue weighted by atomic mass is 15.2. The molecule has 2 aromatic heterocycles. The summed E-state index contributed by atoms with van der Waals surface area (Å²) < 4.78 is 1.96. The van der Waals surface area contributed by atoms with E-state index in [4.69, 9.17) is 15.0 Å². The quantitative estimate of drug-likeness (QED) is 0.464. The molecule has 0 spiro atoms. The van der Waals surface area contributed by atoms with Gasteiger partial charge in [-0.05, 0) is 19.4 Å². The molecule has 0 amide bonds. The molecule has 0 unspecified atom stereocenters. The first-order valence-electron chi connectivity index (χ1n) is 10.1. The highest BCUT2D eigenvalue weighted by Crippen LogP contribution is 2.21. The van der Waals surface area contributed by atoms with Gasteiger partial charge >= 0.3 is 0 Å². The molecule has 30 heavy (non-hydrogen) atoms. The zero-order valence-electron chi connectivity index (χ0n) is 17.3. The van der Waals surface area contributed by atoms with Gasteiger partial charge in [0.05, 0.1) is 5.52 Å². The van der Waals surface area contributed by atoms with E-state index in [2.05, 4.69) is 32.2 Å². The molecule has 4 aromatic rings. The Morgan fingerprint density at radius 3 is 2.43 bits per heavy atom. The van der Waals surface area contributed by atoms with Crippen molar-refractivity contribution in [2.45, 2.75) is 20.3 Å². The van der Waals surface area contributed by atoms with Crippen molar-refractivity contribution in [2.24, 2.45) is 0 Å². The molecule has 0 aliphatic rings. The molecule has 148 valence electrons. The highest BCUT2D eigenvalue weighted by molar-refractivity contribution is 5.82. The van der Waals surface area contributed by atoms with Gasteiger partial charge < -0.3 is 0 Å². The number of allylic oxidation sites excluding steroid dienone is 4. The summed E-state index contributed by atoms with van der Waals surface area (Å²) >= 11 is 0. The van der Waals surface area contributed by atoms with Gasteiger partial charge in [-0.3, -0.25) is 4.57 Å². The van der Waals surface area contributed by atoms with Crippen LogP contribution in [-0.4, -0.2) is 19.5 Å². The molecule has 0 atom stereocenters. The van der Waals surface area contributed by atoms with E-state index in [1.165, 1.54) is 0 Å². The summed E-state index contributed by atoms with van der Waals surface area (Å²) in [7, 11) is 0. The molecule has 0 fully saturated rings. The van der Waals surface area contributed by atoms with Crippen LogP contribution in [0.2, 0.25) is 0 Å². The summed E-state index contributed by atoms with van der Waals surface area (Å²) in [4.78, 5) is 14.4. The molecule has 0 saturated carbocycles. The Morgan fingerprint density at radius 2 is 1.70 bits per heavy atom. The van der Waals surface area contributed by atoms with Crippen LogP contribution in [0.25, 0.3) is 47.0 Å². The van der Waals surface area contributed by atoms with Crippen LogP contribution in [0, 0.1) is 0 Å². The lowest BCUT2D eigenvalue weighted by Crippen LogP contribution is -2.27. The Balaban J connectivity index is 2.03. The number of aromatic nitrogens is 4. The molecule has 0 aliphatic heterocycles. The number of nitrogens with zero attached hydrogens (tertiary/aromatic N) is 4. The second-order valence-electron chi connectivity index (χ2n) is 6.98. The lowest BCUT2D eigenvalue weighted by atomic mass is 10.2. The van der Waals surface area contributed by atoms with Crippen LogP contribution in [0.15, 0.2) is 72.8 Å². The molecule has 4 rings (SSSR count). The van der Waals surface area contributed by atoms with E-state index in [1.54, 1.807) is 0 Å². The summed E-state index contributed by atoms with van der Waals surface area (Å²) in [6, 6.07) is 18.0. The average Bonchev–Trinajstić information content (AvgIpc) is 3.05. The number of para-hydroxylation sites is 1. The molecule has 4 nitrogen and oxygen atoms in total. The summed E-state index contributed by atoms with van der Waals surface area (Å²) in [6.45, 7) is 12.6. The fourth-order valence-electron chi connectivity index (χ4n) is 3.44. The highest BCUT2D eigenvalue weighted by Gasteiger charge is 2.15. The molecular weight excluding hydrogens is 368 g/mol. The zero-order valence-corrected chi connectivity index (χ0v) is 17.3. The summed E-state index contributed by atoms with van der Waals surface area (Å²) in [5, 5.41) is 2.70. The first kappa shape index (κ1) is 19.5. The maximum atomic E-state index is 4.83. The van der Waals surface area contributed by atoms with Crippen molar-refractivity contribution < 1.29 is 0 Å². The Kier molecular flexibility index (Phi) is 5.40. The first-order chi connectivity index (χ1) is 14.6. The molecule has 2 heterocycles. The Morgan fingerprint density at radius 1 is 0.967 bits per heavy atom. The Labute approximate surface area is 176 Å². The van der Waals surface area contributed by atoms with Gasteiger partial charge in [-0.25, -0.2) is 4.98 Å². The van der Waals surface area contributed by atoms with E-state index in [1.807, 2.05) is 72.2 Å². The number of hydrogen-bond acceptors (Lipinski definition) is 3. The van der Waals surface area contributed by atoms with E-state index < -0.39 is 0 Å². The Bertz CT molecular complexity index is 1360. The van der Waals surface area contributed by atoms with Gasteiger partial charge in [-0.1, -0.05) is 86.8 Å². The third-order valence-corrected chi connectivity index (χ3v) is 5.05. The lowest BCUT2D eigenvalue weighted by Gasteiger charge is -2.10. The van der Waals surface area contributed by atoms with Gasteiger partial charge in [0.15, 0.2) is 11.6 Å². The van der Waals surface area contributed by atoms with Gasteiger partial charge in [0.1, 0.15) is 0 Å². The van der Waals surface area contributed by atoms with E-state index in [9.17, 15) is 0 Å². The number of benzene rings is 2. The van der Waals surface area contributed by atoms with E-state index in [0.717, 1.165) is 39.0 Å². The normalized spacial score (nSPS) is 12.1. The molecule has 0 radical (unpaired) electrons. The molecule has 0 N–H and O–H groups in total. The van der Waals surface area contributed by atoms with Crippen molar-refractivity contribution in [3.05, 3.63) is 89.2 Å². The minimum Gasteiger partial charge on any atom is -0.278 e. The van der Waals surface area contributed by atoms with E-state index in [-0.39, 0.29) is 0 Å². The molecule has 2 aromatic carbocycles. The van der Waals surface area contributed by atoms with Crippen molar-refractivity contribution >= 4 is 29.6 Å². The average molecular weight is 393 g/mol. The van der Waals surface area contributed by atoms with Crippen molar-refractivity contribution in [2.75, 3.05) is 0 Å². The fraction of sp³-hybridized carbons (Fsp3) is 0.115. The van der Waals surface area contributed by atoms with Crippen molar-refractivity contribution in [1.82, 2.24) is 19.5 Å². The molecule has 0 aliphatic carbocycles. The summed E-state index contributed by atoms with van der Waals surface area (Å²) in [5.41, 5.74) is 2.87. The van der Waals surface area contributed by atoms with Gasteiger partial charge in [-0.15, -0.1) is 0 Å². The van der Waals surface area contributed by atoms with Gasteiger partial charge in [0.2, 0.25) is 5.95 Å². The molecule has 0 bridgehead atoms. The standard InChI is InChI=1S/C26H24N4/c1-5-7-13-20(6-2)24-27-25(21-14-9-8-10-15-21)29-26(28-24)30-19(4)18(3)22-16-11-12-17-23(22)30/h6-17H,3-5H2,1-2H3. The molecule has 4 heteroatoms. The third kappa shape index (κ3) is 3.48. The maximum absolute atomic E-state index is 4.83. The zero-order chi connectivity index (χ0) is 21.1. The third-order valence-electron chi connectivity index (χ3n) is 5.05. The predicted molar refractivity (Wildman–Crippen MR) is 125 cm³/mol. The van der Waals surface area contributed by atoms with Gasteiger partial charge in [0.25, 0.3) is 0 Å². The van der Waals surface area contributed by atoms with Crippen LogP contribution < -0.4 is 10.6 Å². The lowest BCUT2D eigenvalue weighted by molar-refractivity contribution is 0.896. The summed E-state index contributed by atoms with van der Waals surface area (Å²) in [5.74, 6) is 1.80. The number of rotatable bonds is 5. The minimum absolute atomic E-state index is 0.541. The van der Waals surface area contributed by atoms with Gasteiger partial charge in [-0.2, -0.15) is 9.97 Å². The SMILES string of the molecule is C=c1c(=C)n(-c2nc(C(C=CCC)=CC)nc(-c3ccccc3)n2)c2ccccc12. The Hall–Kier alpha value is -3.79. The van der Waals surface area contributed by atoms with Crippen LogP contribution in [0.5, 0.6) is 0 Å². The minimum atomic E-state index is 0.541. The fourth-order valence-corrected chi connectivity index (χ4v) is 3.44. The van der Waals surface area contributed by atoms with Gasteiger partial charge in [0, 0.05) is 27.1 Å². The number of hydrogen-bond donors (Lipinski definition) is 0. The topological polar surface area (TPSA) is 43.6 Å². The van der Waals surface area contributed by atoms with Crippen LogP contribution in [-0.2, 0) is 0 Å². The van der Waals surface area contributed by atoms with Crippen LogP contribution in [0.1, 0.15) is 26.1 Å². The monoisotopic (exact) mass is 392 g/mol. The van der Waals surface area contributed by atoms with Crippen molar-refractivity contribution in [3.8, 4) is 17.3 Å². The molecular formula is C26H24N4. The second-order valence-corrected chi connectivity index (χ2v) is 6.98. The van der Waals surface area contributed by atoms with Crippen LogP contribution in [0.4, 0.5) is 0 Å². The smallest absolute Gasteiger partial charge is 0.238 e. The van der Waals surface area contributed by atoms with E-state index >= 15 is 0 Å². The summed E-state index contributed by atoms with van der Waals surface area (Å²) in [6.07, 6.45) is 7.12. The van der Waals surface area contributed by atoms with Crippen LogP contribution in [0.3, 0.4) is 0 Å². The van der Waals surface area contributed by atoms with Crippen LogP contribution >= 0.6 is 0 Å². The molecule has 0 saturated heterocycles. The predicted octanol–water partition coefficient (Wildman–Crippen LogP) is 4.67. The van der Waals surface area contributed by atoms with Crippen molar-refractivity contribution in [1.29, 1.82) is 0 Å². The number of fused-ring (bicyclic) bond motifs is 1.